The summed E-state index contributed by atoms with van der Waals surface area (Å²) in [5, 5.41) is 11.8. The van der Waals surface area contributed by atoms with E-state index in [-0.39, 0.29) is 24.2 Å². The number of thioether (sulfide) groups is 1. The molecule has 1 fully saturated rings. The molecule has 0 saturated carbocycles. The SMILES string of the molecule is Cc1cccc(N2C[C@@H](C(=O)Nc3nnc(SC(C)C)s3)CC2=O)c1. The van der Waals surface area contributed by atoms with Crippen molar-refractivity contribution in [2.24, 2.45) is 5.92 Å². The van der Waals surface area contributed by atoms with Crippen molar-refractivity contribution in [1.29, 1.82) is 0 Å². The standard InChI is InChI=1S/C17H20N4O2S2/c1-10(2)24-17-20-19-16(25-17)18-15(23)12-8-14(22)21(9-12)13-6-4-5-11(3)7-13/h4-7,10,12H,8-9H2,1-3H3,(H,18,19,23)/t12-/m0/s1. The van der Waals surface area contributed by atoms with Gasteiger partial charge in [0.15, 0.2) is 4.34 Å². The third-order valence-corrected chi connectivity index (χ3v) is 5.71. The van der Waals surface area contributed by atoms with Gasteiger partial charge < -0.3 is 10.2 Å². The summed E-state index contributed by atoms with van der Waals surface area (Å²) >= 11 is 2.97. The van der Waals surface area contributed by atoms with Gasteiger partial charge in [-0.2, -0.15) is 0 Å². The molecule has 1 atom stereocenters. The van der Waals surface area contributed by atoms with Gasteiger partial charge in [-0.25, -0.2) is 0 Å². The van der Waals surface area contributed by atoms with Gasteiger partial charge in [-0.1, -0.05) is 49.1 Å². The van der Waals surface area contributed by atoms with Crippen molar-refractivity contribution >= 4 is 45.7 Å². The molecule has 1 aromatic carbocycles. The number of nitrogens with one attached hydrogen (secondary N) is 1. The van der Waals surface area contributed by atoms with E-state index in [1.807, 2.05) is 31.2 Å². The zero-order valence-electron chi connectivity index (χ0n) is 14.4. The summed E-state index contributed by atoms with van der Waals surface area (Å²) in [5.74, 6) is -0.585. The largest absolute Gasteiger partial charge is 0.312 e. The van der Waals surface area contributed by atoms with Gasteiger partial charge in [0.05, 0.1) is 5.92 Å². The first-order chi connectivity index (χ1) is 11.9. The van der Waals surface area contributed by atoms with E-state index in [0.29, 0.717) is 16.9 Å². The van der Waals surface area contributed by atoms with E-state index in [1.165, 1.54) is 11.3 Å². The minimum Gasteiger partial charge on any atom is -0.312 e. The van der Waals surface area contributed by atoms with Crippen molar-refractivity contribution in [3.8, 4) is 0 Å². The van der Waals surface area contributed by atoms with Gasteiger partial charge in [0.2, 0.25) is 16.9 Å². The molecule has 3 rings (SSSR count). The van der Waals surface area contributed by atoms with Gasteiger partial charge in [0.1, 0.15) is 0 Å². The summed E-state index contributed by atoms with van der Waals surface area (Å²) in [5.41, 5.74) is 1.93. The Morgan fingerprint density at radius 1 is 1.40 bits per heavy atom. The Morgan fingerprint density at radius 2 is 2.20 bits per heavy atom. The van der Waals surface area contributed by atoms with Crippen LogP contribution in [0.2, 0.25) is 0 Å². The van der Waals surface area contributed by atoms with E-state index in [2.05, 4.69) is 29.4 Å². The van der Waals surface area contributed by atoms with Crippen LogP contribution < -0.4 is 10.2 Å². The first-order valence-electron chi connectivity index (χ1n) is 8.10. The molecule has 1 saturated heterocycles. The molecule has 1 aliphatic heterocycles. The molecule has 2 aromatic rings. The molecule has 8 heteroatoms. The van der Waals surface area contributed by atoms with Gasteiger partial charge >= 0.3 is 0 Å². The summed E-state index contributed by atoms with van der Waals surface area (Å²) in [4.78, 5) is 26.5. The highest BCUT2D eigenvalue weighted by Crippen LogP contribution is 2.30. The average molecular weight is 377 g/mol. The Morgan fingerprint density at radius 3 is 2.92 bits per heavy atom. The first-order valence-corrected chi connectivity index (χ1v) is 9.80. The predicted molar refractivity (Wildman–Crippen MR) is 101 cm³/mol. The Labute approximate surface area is 155 Å². The molecule has 1 aliphatic rings. The molecule has 1 N–H and O–H groups in total. The second kappa shape index (κ2) is 7.53. The molecule has 0 unspecified atom stereocenters. The molecule has 2 heterocycles. The number of hydrogen-bond acceptors (Lipinski definition) is 6. The number of hydrogen-bond donors (Lipinski definition) is 1. The molecule has 0 aliphatic carbocycles. The molecular weight excluding hydrogens is 356 g/mol. The maximum atomic E-state index is 12.5. The minimum absolute atomic E-state index is 0.0286. The van der Waals surface area contributed by atoms with E-state index >= 15 is 0 Å². The van der Waals surface area contributed by atoms with Gasteiger partial charge in [-0.3, -0.25) is 9.59 Å². The van der Waals surface area contributed by atoms with Crippen LogP contribution >= 0.6 is 23.1 Å². The fourth-order valence-electron chi connectivity index (χ4n) is 2.65. The number of carbonyl (C=O) groups is 2. The molecular formula is C17H20N4O2S2. The highest BCUT2D eigenvalue weighted by Gasteiger charge is 2.35. The summed E-state index contributed by atoms with van der Waals surface area (Å²) in [6.07, 6.45) is 0.214. The van der Waals surface area contributed by atoms with E-state index in [4.69, 9.17) is 0 Å². The van der Waals surface area contributed by atoms with E-state index in [1.54, 1.807) is 16.7 Å². The van der Waals surface area contributed by atoms with Crippen LogP contribution in [0.1, 0.15) is 25.8 Å². The van der Waals surface area contributed by atoms with Crippen LogP contribution in [0.25, 0.3) is 0 Å². The second-order valence-electron chi connectivity index (χ2n) is 6.27. The summed E-state index contributed by atoms with van der Waals surface area (Å²) in [7, 11) is 0. The number of anilines is 2. The number of amides is 2. The summed E-state index contributed by atoms with van der Waals surface area (Å²) < 4.78 is 0.828. The zero-order valence-corrected chi connectivity index (χ0v) is 16.0. The van der Waals surface area contributed by atoms with Crippen LogP contribution in [0.15, 0.2) is 28.6 Å². The van der Waals surface area contributed by atoms with Crippen molar-refractivity contribution < 1.29 is 9.59 Å². The van der Waals surface area contributed by atoms with Gasteiger partial charge in [-0.15, -0.1) is 10.2 Å². The lowest BCUT2D eigenvalue weighted by Crippen LogP contribution is -2.28. The van der Waals surface area contributed by atoms with Crippen molar-refractivity contribution in [3.05, 3.63) is 29.8 Å². The average Bonchev–Trinajstić information content (AvgIpc) is 3.13. The Bertz CT molecular complexity index is 790. The zero-order chi connectivity index (χ0) is 18.0. The van der Waals surface area contributed by atoms with Crippen LogP contribution in [-0.2, 0) is 9.59 Å². The van der Waals surface area contributed by atoms with Crippen molar-refractivity contribution in [3.63, 3.8) is 0 Å². The molecule has 25 heavy (non-hydrogen) atoms. The Kier molecular flexibility index (Phi) is 5.39. The molecule has 6 nitrogen and oxygen atoms in total. The van der Waals surface area contributed by atoms with Crippen LogP contribution in [0.5, 0.6) is 0 Å². The monoisotopic (exact) mass is 376 g/mol. The highest BCUT2D eigenvalue weighted by atomic mass is 32.2. The number of rotatable bonds is 5. The molecule has 1 aromatic heterocycles. The highest BCUT2D eigenvalue weighted by molar-refractivity contribution is 8.01. The number of benzene rings is 1. The van der Waals surface area contributed by atoms with Gasteiger partial charge in [0, 0.05) is 23.9 Å². The van der Waals surface area contributed by atoms with Crippen molar-refractivity contribution in [2.45, 2.75) is 36.8 Å². The number of aromatic nitrogens is 2. The van der Waals surface area contributed by atoms with Crippen molar-refractivity contribution in [1.82, 2.24) is 10.2 Å². The van der Waals surface area contributed by atoms with Crippen LogP contribution in [0.4, 0.5) is 10.8 Å². The van der Waals surface area contributed by atoms with Gasteiger partial charge in [0.25, 0.3) is 0 Å². The van der Waals surface area contributed by atoms with Gasteiger partial charge in [-0.05, 0) is 24.6 Å². The van der Waals surface area contributed by atoms with Crippen LogP contribution in [-0.4, -0.2) is 33.8 Å². The lowest BCUT2D eigenvalue weighted by Gasteiger charge is -2.17. The van der Waals surface area contributed by atoms with E-state index in [0.717, 1.165) is 15.6 Å². The minimum atomic E-state index is -0.377. The smallest absolute Gasteiger partial charge is 0.231 e. The fraction of sp³-hybridized carbons (Fsp3) is 0.412. The van der Waals surface area contributed by atoms with Crippen LogP contribution in [0, 0.1) is 12.8 Å². The third kappa shape index (κ3) is 4.38. The van der Waals surface area contributed by atoms with E-state index in [9.17, 15) is 9.59 Å². The lowest BCUT2D eigenvalue weighted by atomic mass is 10.1. The molecule has 0 radical (unpaired) electrons. The maximum Gasteiger partial charge on any atom is 0.231 e. The molecule has 132 valence electrons. The number of nitrogens with zero attached hydrogens (tertiary/aromatic N) is 3. The number of aryl methyl sites for hydroxylation is 1. The topological polar surface area (TPSA) is 75.2 Å². The normalized spacial score (nSPS) is 17.4. The third-order valence-electron chi connectivity index (χ3n) is 3.78. The predicted octanol–water partition coefficient (Wildman–Crippen LogP) is 3.34. The summed E-state index contributed by atoms with van der Waals surface area (Å²) in [6.45, 7) is 6.53. The fourth-order valence-corrected chi connectivity index (χ4v) is 4.62. The quantitative estimate of drug-likeness (QED) is 0.640. The molecule has 2 amide bonds. The summed E-state index contributed by atoms with van der Waals surface area (Å²) in [6, 6.07) is 7.75. The molecule has 0 bridgehead atoms. The van der Waals surface area contributed by atoms with Crippen molar-refractivity contribution in [2.75, 3.05) is 16.8 Å². The second-order valence-corrected chi connectivity index (χ2v) is 9.07. The maximum absolute atomic E-state index is 12.5. The van der Waals surface area contributed by atoms with E-state index < -0.39 is 0 Å². The lowest BCUT2D eigenvalue weighted by molar-refractivity contribution is -0.122. The molecule has 0 spiro atoms. The Hall–Kier alpha value is -1.93. The Balaban J connectivity index is 1.63. The first kappa shape index (κ1) is 17.9. The van der Waals surface area contributed by atoms with Crippen LogP contribution in [0.3, 0.4) is 0 Å². The number of carbonyl (C=O) groups excluding carboxylic acids is 2.